The van der Waals surface area contributed by atoms with Gasteiger partial charge in [0.15, 0.2) is 5.60 Å². The van der Waals surface area contributed by atoms with E-state index >= 15 is 0 Å². The monoisotopic (exact) mass is 456 g/mol. The summed E-state index contributed by atoms with van der Waals surface area (Å²) in [6.45, 7) is 6.25. The largest absolute Gasteiger partial charge is 0.458 e. The topological polar surface area (TPSA) is 81.4 Å². The van der Waals surface area contributed by atoms with Gasteiger partial charge in [-0.15, -0.1) is 0 Å². The highest BCUT2D eigenvalue weighted by Gasteiger charge is 2.45. The third-order valence-corrected chi connectivity index (χ3v) is 7.06. The van der Waals surface area contributed by atoms with Gasteiger partial charge in [0.2, 0.25) is 0 Å². The van der Waals surface area contributed by atoms with E-state index in [1.165, 1.54) is 0 Å². The highest BCUT2D eigenvalue weighted by Crippen LogP contribution is 2.40. The SMILES string of the molecule is CCCCC#Cc1cccc2nc3c(c(CC)c12)Cn1c-3cc2c(c1=O)COC(=O)[C@]2(O)CC. The van der Waals surface area contributed by atoms with Crippen molar-refractivity contribution in [3.8, 4) is 23.2 Å². The number of cyclic esters (lactones) is 1. The Balaban J connectivity index is 1.74. The summed E-state index contributed by atoms with van der Waals surface area (Å²) >= 11 is 0. The predicted octanol–water partition coefficient (Wildman–Crippen LogP) is 4.18. The summed E-state index contributed by atoms with van der Waals surface area (Å²) in [6, 6.07) is 7.74. The molecule has 0 unspecified atom stereocenters. The van der Waals surface area contributed by atoms with Crippen molar-refractivity contribution in [2.45, 2.75) is 71.6 Å². The molecule has 2 aliphatic rings. The molecule has 6 nitrogen and oxygen atoms in total. The molecule has 0 saturated carbocycles. The number of aryl methyl sites for hydroxylation is 1. The van der Waals surface area contributed by atoms with Crippen molar-refractivity contribution in [1.29, 1.82) is 0 Å². The van der Waals surface area contributed by atoms with Gasteiger partial charge in [-0.2, -0.15) is 0 Å². The molecule has 0 bridgehead atoms. The van der Waals surface area contributed by atoms with Gasteiger partial charge in [0.1, 0.15) is 6.61 Å². The Bertz CT molecular complexity index is 1460. The minimum absolute atomic E-state index is 0.125. The van der Waals surface area contributed by atoms with Gasteiger partial charge < -0.3 is 14.4 Å². The number of carbonyl (C=O) groups is 1. The van der Waals surface area contributed by atoms with Crippen LogP contribution in [0.1, 0.15) is 74.3 Å². The lowest BCUT2D eigenvalue weighted by atomic mass is 9.86. The first-order chi connectivity index (χ1) is 16.4. The Morgan fingerprint density at radius 3 is 2.76 bits per heavy atom. The molecule has 174 valence electrons. The maximum absolute atomic E-state index is 13.5. The third kappa shape index (κ3) is 3.19. The zero-order valence-corrected chi connectivity index (χ0v) is 19.8. The second kappa shape index (κ2) is 8.41. The van der Waals surface area contributed by atoms with Crippen LogP contribution in [-0.4, -0.2) is 20.6 Å². The number of ether oxygens (including phenoxy) is 1. The van der Waals surface area contributed by atoms with E-state index in [0.717, 1.165) is 59.0 Å². The van der Waals surface area contributed by atoms with Crippen LogP contribution in [0.15, 0.2) is 29.1 Å². The minimum Gasteiger partial charge on any atom is -0.458 e. The Labute approximate surface area is 198 Å². The number of fused-ring (bicyclic) bond motifs is 5. The van der Waals surface area contributed by atoms with Gasteiger partial charge in [-0.05, 0) is 43.0 Å². The van der Waals surface area contributed by atoms with Crippen molar-refractivity contribution >= 4 is 16.9 Å². The van der Waals surface area contributed by atoms with E-state index in [1.54, 1.807) is 17.6 Å². The number of nitrogens with zero attached hydrogens (tertiary/aromatic N) is 2. The van der Waals surface area contributed by atoms with Crippen molar-refractivity contribution in [1.82, 2.24) is 9.55 Å². The Morgan fingerprint density at radius 2 is 2.03 bits per heavy atom. The number of esters is 1. The third-order valence-electron chi connectivity index (χ3n) is 7.06. The van der Waals surface area contributed by atoms with Gasteiger partial charge in [-0.1, -0.05) is 45.1 Å². The molecule has 1 atom stereocenters. The molecule has 2 aromatic heterocycles. The molecule has 5 rings (SSSR count). The Morgan fingerprint density at radius 1 is 1.21 bits per heavy atom. The predicted molar refractivity (Wildman–Crippen MR) is 130 cm³/mol. The van der Waals surface area contributed by atoms with E-state index in [2.05, 4.69) is 25.7 Å². The van der Waals surface area contributed by atoms with E-state index in [0.29, 0.717) is 23.4 Å². The minimum atomic E-state index is -1.82. The normalized spacial score (nSPS) is 18.1. The molecule has 2 aliphatic heterocycles. The van der Waals surface area contributed by atoms with Crippen molar-refractivity contribution in [3.05, 3.63) is 62.4 Å². The zero-order valence-electron chi connectivity index (χ0n) is 19.8. The van der Waals surface area contributed by atoms with Crippen LogP contribution in [0, 0.1) is 11.8 Å². The summed E-state index contributed by atoms with van der Waals surface area (Å²) in [5, 5.41) is 12.1. The van der Waals surface area contributed by atoms with E-state index in [-0.39, 0.29) is 18.6 Å². The molecule has 4 heterocycles. The highest BCUT2D eigenvalue weighted by molar-refractivity contribution is 5.93. The van der Waals surface area contributed by atoms with Gasteiger partial charge in [-0.3, -0.25) is 4.79 Å². The maximum atomic E-state index is 13.5. The van der Waals surface area contributed by atoms with Crippen LogP contribution >= 0.6 is 0 Å². The van der Waals surface area contributed by atoms with Crippen molar-refractivity contribution in [2.24, 2.45) is 0 Å². The first-order valence-corrected chi connectivity index (χ1v) is 12.0. The molecule has 3 aromatic rings. The number of hydrogen-bond donors (Lipinski definition) is 1. The molecule has 0 aliphatic carbocycles. The van der Waals surface area contributed by atoms with Gasteiger partial charge in [-0.25, -0.2) is 9.78 Å². The molecule has 6 heteroatoms. The summed E-state index contributed by atoms with van der Waals surface area (Å²) < 4.78 is 6.86. The molecule has 0 spiro atoms. The van der Waals surface area contributed by atoms with Crippen LogP contribution < -0.4 is 5.56 Å². The van der Waals surface area contributed by atoms with Crippen LogP contribution in [0.2, 0.25) is 0 Å². The number of carbonyl (C=O) groups excluding carboxylic acids is 1. The molecular weight excluding hydrogens is 428 g/mol. The van der Waals surface area contributed by atoms with Gasteiger partial charge >= 0.3 is 5.97 Å². The zero-order chi connectivity index (χ0) is 24.0. The molecule has 34 heavy (non-hydrogen) atoms. The van der Waals surface area contributed by atoms with E-state index in [1.807, 2.05) is 18.2 Å². The first kappa shape index (κ1) is 22.4. The standard InChI is InChI=1S/C28H28N2O4/c1-4-7-8-9-11-17-12-10-13-22-24(17)18(5-2)19-15-30-23(25(19)29-22)14-21-20(26(30)31)16-34-27(32)28(21,33)6-3/h10,12-14,33H,4-8,15-16H2,1-3H3/t28-/m0/s1. The lowest BCUT2D eigenvalue weighted by Gasteiger charge is -2.31. The molecule has 0 saturated heterocycles. The number of aromatic nitrogens is 2. The van der Waals surface area contributed by atoms with Crippen molar-refractivity contribution in [2.75, 3.05) is 0 Å². The van der Waals surface area contributed by atoms with E-state index < -0.39 is 11.6 Å². The molecule has 0 amide bonds. The summed E-state index contributed by atoms with van der Waals surface area (Å²) in [7, 11) is 0. The quantitative estimate of drug-likeness (QED) is 0.283. The van der Waals surface area contributed by atoms with E-state index in [9.17, 15) is 14.7 Å². The molecule has 1 N–H and O–H groups in total. The van der Waals surface area contributed by atoms with Crippen LogP contribution in [0.3, 0.4) is 0 Å². The van der Waals surface area contributed by atoms with Gasteiger partial charge in [0.05, 0.1) is 29.0 Å². The number of pyridine rings is 2. The average Bonchev–Trinajstić information content (AvgIpc) is 3.21. The van der Waals surface area contributed by atoms with Crippen LogP contribution in [0.5, 0.6) is 0 Å². The number of aliphatic hydroxyl groups is 1. The average molecular weight is 457 g/mol. The first-order valence-electron chi connectivity index (χ1n) is 12.0. The molecular formula is C28H28N2O4. The lowest BCUT2D eigenvalue weighted by molar-refractivity contribution is -0.172. The van der Waals surface area contributed by atoms with Crippen LogP contribution in [0.25, 0.3) is 22.3 Å². The number of benzene rings is 1. The van der Waals surface area contributed by atoms with Gasteiger partial charge in [0.25, 0.3) is 5.56 Å². The molecule has 0 radical (unpaired) electrons. The second-order valence-corrected chi connectivity index (χ2v) is 8.98. The van der Waals surface area contributed by atoms with Gasteiger partial charge in [0, 0.05) is 28.5 Å². The lowest BCUT2D eigenvalue weighted by Crippen LogP contribution is -2.44. The summed E-state index contributed by atoms with van der Waals surface area (Å²) in [5.41, 5.74) is 3.92. The summed E-state index contributed by atoms with van der Waals surface area (Å²) in [5.74, 6) is 5.92. The summed E-state index contributed by atoms with van der Waals surface area (Å²) in [4.78, 5) is 30.8. The number of rotatable bonds is 4. The Hall–Kier alpha value is -3.43. The maximum Gasteiger partial charge on any atom is 0.343 e. The number of unbranched alkanes of at least 4 members (excludes halogenated alkanes) is 2. The van der Waals surface area contributed by atoms with Crippen molar-refractivity contribution in [3.63, 3.8) is 0 Å². The van der Waals surface area contributed by atoms with Crippen LogP contribution in [-0.2, 0) is 34.7 Å². The van der Waals surface area contributed by atoms with Crippen LogP contribution in [0.4, 0.5) is 0 Å². The fraction of sp³-hybridized carbons (Fsp3) is 0.393. The second-order valence-electron chi connectivity index (χ2n) is 8.98. The van der Waals surface area contributed by atoms with E-state index in [4.69, 9.17) is 9.72 Å². The fourth-order valence-corrected chi connectivity index (χ4v) is 5.14. The summed E-state index contributed by atoms with van der Waals surface area (Å²) in [6.07, 6.45) is 3.95. The smallest absolute Gasteiger partial charge is 0.343 e. The highest BCUT2D eigenvalue weighted by atomic mass is 16.6. The fourth-order valence-electron chi connectivity index (χ4n) is 5.14. The Kier molecular flexibility index (Phi) is 5.53. The number of hydrogen-bond acceptors (Lipinski definition) is 5. The van der Waals surface area contributed by atoms with Crippen molar-refractivity contribution < 1.29 is 14.6 Å². The molecule has 1 aromatic carbocycles. The molecule has 0 fully saturated rings.